The highest BCUT2D eigenvalue weighted by Gasteiger charge is 2.34. The van der Waals surface area contributed by atoms with Crippen LogP contribution in [0.5, 0.6) is 5.75 Å². The Balaban J connectivity index is 1.37. The number of nitrogens with zero attached hydrogens (tertiary/aromatic N) is 1. The van der Waals surface area contributed by atoms with Crippen LogP contribution in [0.4, 0.5) is 0 Å². The topological polar surface area (TPSA) is 38.8 Å². The molecule has 0 unspecified atom stereocenters. The van der Waals surface area contributed by atoms with Crippen LogP contribution in [0.2, 0.25) is 5.02 Å². The van der Waals surface area contributed by atoms with E-state index in [1.54, 1.807) is 4.90 Å². The molecule has 1 atom stereocenters. The summed E-state index contributed by atoms with van der Waals surface area (Å²) in [6.45, 7) is 1.78. The van der Waals surface area contributed by atoms with Crippen molar-refractivity contribution in [2.45, 2.75) is 25.6 Å². The van der Waals surface area contributed by atoms with Gasteiger partial charge in [-0.1, -0.05) is 59.8 Å². The van der Waals surface area contributed by atoms with Gasteiger partial charge in [0.15, 0.2) is 0 Å². The Labute approximate surface area is 184 Å². The van der Waals surface area contributed by atoms with Crippen molar-refractivity contribution in [3.8, 4) is 5.75 Å². The van der Waals surface area contributed by atoms with Crippen molar-refractivity contribution >= 4 is 51.9 Å². The summed E-state index contributed by atoms with van der Waals surface area (Å²) >= 11 is 12.6. The van der Waals surface area contributed by atoms with E-state index in [4.69, 9.17) is 33.3 Å². The largest absolute Gasteiger partial charge is 0.489 e. The van der Waals surface area contributed by atoms with Gasteiger partial charge >= 0.3 is 0 Å². The fraction of sp³-hybridized carbons (Fsp3) is 0.273. The predicted octanol–water partition coefficient (Wildman–Crippen LogP) is 5.30. The van der Waals surface area contributed by atoms with Gasteiger partial charge < -0.3 is 9.47 Å². The first-order valence-corrected chi connectivity index (χ1v) is 11.0. The summed E-state index contributed by atoms with van der Waals surface area (Å²) in [5.41, 5.74) is 1.98. The van der Waals surface area contributed by atoms with Gasteiger partial charge in [0.25, 0.3) is 5.91 Å². The van der Waals surface area contributed by atoms with E-state index >= 15 is 0 Å². The first kappa shape index (κ1) is 20.4. The SMILES string of the molecule is O=C1/C(=C/c2ccc(OCc3ccc(Cl)cc3)cc2)SC(=S)N1C[C@H]1CCCO1. The summed E-state index contributed by atoms with van der Waals surface area (Å²) in [7, 11) is 0. The fourth-order valence-electron chi connectivity index (χ4n) is 3.21. The summed E-state index contributed by atoms with van der Waals surface area (Å²) in [4.78, 5) is 15.0. The highest BCUT2D eigenvalue weighted by atomic mass is 35.5. The summed E-state index contributed by atoms with van der Waals surface area (Å²) < 4.78 is 12.0. The lowest BCUT2D eigenvalue weighted by molar-refractivity contribution is -0.123. The van der Waals surface area contributed by atoms with Crippen molar-refractivity contribution in [3.63, 3.8) is 0 Å². The van der Waals surface area contributed by atoms with E-state index in [2.05, 4.69) is 0 Å². The average molecular weight is 446 g/mol. The van der Waals surface area contributed by atoms with Gasteiger partial charge in [0.1, 0.15) is 16.7 Å². The molecule has 0 spiro atoms. The van der Waals surface area contributed by atoms with Crippen LogP contribution < -0.4 is 4.74 Å². The standard InChI is InChI=1S/C22H20ClNO3S2/c23-17-7-3-16(4-8-17)14-27-18-9-5-15(6-10-18)12-20-21(25)24(22(28)29-20)13-19-2-1-11-26-19/h3-10,12,19H,1-2,11,13-14H2/b20-12-/t19-/m1/s1. The van der Waals surface area contributed by atoms with Crippen molar-refractivity contribution in [1.82, 2.24) is 4.90 Å². The normalized spacial score (nSPS) is 20.7. The molecule has 0 aromatic heterocycles. The van der Waals surface area contributed by atoms with Gasteiger partial charge in [-0.3, -0.25) is 9.69 Å². The maximum Gasteiger partial charge on any atom is 0.266 e. The number of halogens is 1. The predicted molar refractivity (Wildman–Crippen MR) is 121 cm³/mol. The highest BCUT2D eigenvalue weighted by Crippen LogP contribution is 2.33. The molecule has 2 saturated heterocycles. The number of thioether (sulfide) groups is 1. The van der Waals surface area contributed by atoms with Crippen LogP contribution >= 0.6 is 35.6 Å². The number of amides is 1. The van der Waals surface area contributed by atoms with E-state index in [9.17, 15) is 4.79 Å². The summed E-state index contributed by atoms with van der Waals surface area (Å²) in [6, 6.07) is 15.2. The minimum Gasteiger partial charge on any atom is -0.489 e. The maximum absolute atomic E-state index is 12.7. The molecule has 0 bridgehead atoms. The van der Waals surface area contributed by atoms with Gasteiger partial charge in [-0.2, -0.15) is 0 Å². The molecule has 1 amide bonds. The van der Waals surface area contributed by atoms with E-state index in [1.165, 1.54) is 11.8 Å². The zero-order valence-electron chi connectivity index (χ0n) is 15.7. The highest BCUT2D eigenvalue weighted by molar-refractivity contribution is 8.26. The molecular weight excluding hydrogens is 426 g/mol. The lowest BCUT2D eigenvalue weighted by atomic mass is 10.2. The van der Waals surface area contributed by atoms with E-state index in [-0.39, 0.29) is 12.0 Å². The third-order valence-electron chi connectivity index (χ3n) is 4.78. The quantitative estimate of drug-likeness (QED) is 0.445. The molecule has 4 rings (SSSR count). The van der Waals surface area contributed by atoms with Gasteiger partial charge in [0, 0.05) is 11.6 Å². The Hall–Kier alpha value is -1.86. The molecule has 0 saturated carbocycles. The second kappa shape index (κ2) is 9.30. The average Bonchev–Trinajstić information content (AvgIpc) is 3.33. The molecule has 2 heterocycles. The van der Waals surface area contributed by atoms with E-state index in [1.807, 2.05) is 54.6 Å². The third-order valence-corrected chi connectivity index (χ3v) is 6.41. The molecule has 2 aromatic carbocycles. The van der Waals surface area contributed by atoms with E-state index in [0.717, 1.165) is 36.3 Å². The summed E-state index contributed by atoms with van der Waals surface area (Å²) in [6.07, 6.45) is 3.99. The first-order chi connectivity index (χ1) is 14.1. The van der Waals surface area contributed by atoms with Gasteiger partial charge in [0.2, 0.25) is 0 Å². The molecule has 29 heavy (non-hydrogen) atoms. The number of hydrogen-bond donors (Lipinski definition) is 0. The molecule has 7 heteroatoms. The van der Waals surface area contributed by atoms with E-state index < -0.39 is 0 Å². The first-order valence-electron chi connectivity index (χ1n) is 9.43. The fourth-order valence-corrected chi connectivity index (χ4v) is 4.61. The summed E-state index contributed by atoms with van der Waals surface area (Å²) in [5, 5.41) is 0.708. The molecule has 4 nitrogen and oxygen atoms in total. The van der Waals surface area contributed by atoms with Crippen LogP contribution in [0, 0.1) is 0 Å². The number of thiocarbonyl (C=S) groups is 1. The minimum absolute atomic E-state index is 0.0430. The Morgan fingerprint density at radius 1 is 1.21 bits per heavy atom. The zero-order valence-corrected chi connectivity index (χ0v) is 18.1. The number of carbonyl (C=O) groups excluding carboxylic acids is 1. The van der Waals surface area contributed by atoms with Gasteiger partial charge in [-0.25, -0.2) is 0 Å². The lowest BCUT2D eigenvalue weighted by Gasteiger charge is -2.18. The number of benzene rings is 2. The van der Waals surface area contributed by atoms with Crippen LogP contribution in [0.3, 0.4) is 0 Å². The molecular formula is C22H20ClNO3S2. The minimum atomic E-state index is -0.0430. The van der Waals surface area contributed by atoms with Crippen molar-refractivity contribution in [2.75, 3.05) is 13.2 Å². The van der Waals surface area contributed by atoms with Crippen molar-refractivity contribution in [1.29, 1.82) is 0 Å². The molecule has 2 aliphatic heterocycles. The van der Waals surface area contributed by atoms with Crippen LogP contribution in [-0.2, 0) is 16.1 Å². The van der Waals surface area contributed by atoms with Gasteiger partial charge in [-0.05, 0) is 54.3 Å². The molecule has 0 N–H and O–H groups in total. The monoisotopic (exact) mass is 445 g/mol. The van der Waals surface area contributed by atoms with E-state index in [0.29, 0.717) is 27.4 Å². The molecule has 150 valence electrons. The number of rotatable bonds is 6. The molecule has 2 aliphatic rings. The van der Waals surface area contributed by atoms with Crippen LogP contribution in [-0.4, -0.2) is 34.4 Å². The second-order valence-electron chi connectivity index (χ2n) is 6.91. The van der Waals surface area contributed by atoms with Crippen molar-refractivity contribution in [3.05, 3.63) is 69.6 Å². The Morgan fingerprint density at radius 2 is 1.97 bits per heavy atom. The lowest BCUT2D eigenvalue weighted by Crippen LogP contribution is -2.35. The van der Waals surface area contributed by atoms with Gasteiger partial charge in [0.05, 0.1) is 17.6 Å². The number of hydrogen-bond acceptors (Lipinski definition) is 5. The zero-order chi connectivity index (χ0) is 20.2. The third kappa shape index (κ3) is 5.20. The van der Waals surface area contributed by atoms with Crippen LogP contribution in [0.25, 0.3) is 6.08 Å². The molecule has 2 aromatic rings. The molecule has 0 aliphatic carbocycles. The van der Waals surface area contributed by atoms with Crippen LogP contribution in [0.1, 0.15) is 24.0 Å². The smallest absolute Gasteiger partial charge is 0.266 e. The van der Waals surface area contributed by atoms with Crippen LogP contribution in [0.15, 0.2) is 53.4 Å². The Bertz CT molecular complexity index is 922. The Morgan fingerprint density at radius 3 is 2.66 bits per heavy atom. The maximum atomic E-state index is 12.7. The number of ether oxygens (including phenoxy) is 2. The Kier molecular flexibility index (Phi) is 6.55. The van der Waals surface area contributed by atoms with Gasteiger partial charge in [-0.15, -0.1) is 0 Å². The molecule has 0 radical (unpaired) electrons. The molecule has 2 fully saturated rings. The van der Waals surface area contributed by atoms with Crippen molar-refractivity contribution in [2.24, 2.45) is 0 Å². The summed E-state index contributed by atoms with van der Waals surface area (Å²) in [5.74, 6) is 0.724. The van der Waals surface area contributed by atoms with Crippen molar-refractivity contribution < 1.29 is 14.3 Å². The number of carbonyl (C=O) groups is 1. The second-order valence-corrected chi connectivity index (χ2v) is 9.02.